The average molecular weight is 318 g/mol. The number of carbonyl (C=O) groups is 1. The fourth-order valence-electron chi connectivity index (χ4n) is 3.35. The molecule has 5 heteroatoms. The smallest absolute Gasteiger partial charge is 0.238 e. The molecule has 2 aromatic carbocycles. The topological polar surface area (TPSA) is 72.9 Å². The van der Waals surface area contributed by atoms with E-state index in [-0.39, 0.29) is 12.5 Å². The normalized spacial score (nSPS) is 11.5. The van der Waals surface area contributed by atoms with Crippen molar-refractivity contribution in [3.05, 3.63) is 48.0 Å². The van der Waals surface area contributed by atoms with E-state index >= 15 is 0 Å². The van der Waals surface area contributed by atoms with Crippen LogP contribution in [0.4, 0.5) is 5.69 Å². The van der Waals surface area contributed by atoms with Crippen LogP contribution in [0.25, 0.3) is 32.8 Å². The van der Waals surface area contributed by atoms with Gasteiger partial charge in [0.15, 0.2) is 0 Å². The number of fused-ring (bicyclic) bond motifs is 4. The predicted molar refractivity (Wildman–Crippen MR) is 98.1 cm³/mol. The second-order valence-electron chi connectivity index (χ2n) is 6.00. The third-order valence-electron chi connectivity index (χ3n) is 4.55. The Bertz CT molecular complexity index is 1110. The van der Waals surface area contributed by atoms with Gasteiger partial charge in [-0.2, -0.15) is 0 Å². The average Bonchev–Trinajstić information content (AvgIpc) is 2.89. The van der Waals surface area contributed by atoms with E-state index in [1.165, 1.54) is 5.39 Å². The lowest BCUT2D eigenvalue weighted by Crippen LogP contribution is -2.21. The van der Waals surface area contributed by atoms with Crippen LogP contribution in [-0.2, 0) is 11.8 Å². The van der Waals surface area contributed by atoms with E-state index in [1.807, 2.05) is 37.4 Å². The molecule has 0 saturated carbocycles. The van der Waals surface area contributed by atoms with Crippen molar-refractivity contribution in [3.63, 3.8) is 0 Å². The number of carbonyl (C=O) groups excluding carboxylic acids is 1. The van der Waals surface area contributed by atoms with E-state index in [9.17, 15) is 4.79 Å². The van der Waals surface area contributed by atoms with Crippen molar-refractivity contribution < 1.29 is 4.79 Å². The van der Waals surface area contributed by atoms with Gasteiger partial charge in [-0.15, -0.1) is 0 Å². The van der Waals surface area contributed by atoms with Crippen molar-refractivity contribution in [1.82, 2.24) is 9.55 Å². The van der Waals surface area contributed by atoms with Gasteiger partial charge in [-0.25, -0.2) is 4.98 Å². The lowest BCUT2D eigenvalue weighted by atomic mass is 10.0. The number of nitrogens with two attached hydrogens (primary N) is 1. The number of hydrogen-bond donors (Lipinski definition) is 2. The molecule has 0 saturated heterocycles. The summed E-state index contributed by atoms with van der Waals surface area (Å²) in [4.78, 5) is 16.4. The number of hydrogen-bond acceptors (Lipinski definition) is 3. The van der Waals surface area contributed by atoms with Gasteiger partial charge < -0.3 is 15.6 Å². The number of anilines is 1. The fraction of sp³-hybridized carbons (Fsp3) is 0.158. The summed E-state index contributed by atoms with van der Waals surface area (Å²) in [7, 11) is 2.04. The monoisotopic (exact) mass is 318 g/mol. The van der Waals surface area contributed by atoms with Crippen molar-refractivity contribution in [2.24, 2.45) is 12.8 Å². The summed E-state index contributed by atoms with van der Waals surface area (Å²) in [6.45, 7) is 2.07. The van der Waals surface area contributed by atoms with Crippen molar-refractivity contribution in [2.45, 2.75) is 6.92 Å². The first-order valence-electron chi connectivity index (χ1n) is 7.87. The molecule has 0 radical (unpaired) electrons. The molecule has 0 spiro atoms. The summed E-state index contributed by atoms with van der Waals surface area (Å²) in [5.74, 6) is -0.203. The molecular weight excluding hydrogens is 300 g/mol. The molecule has 2 aromatic heterocycles. The summed E-state index contributed by atoms with van der Waals surface area (Å²) < 4.78 is 2.13. The molecule has 1 amide bonds. The van der Waals surface area contributed by atoms with Gasteiger partial charge in [-0.1, -0.05) is 18.2 Å². The van der Waals surface area contributed by atoms with E-state index < -0.39 is 0 Å². The quantitative estimate of drug-likeness (QED) is 0.596. The highest BCUT2D eigenvalue weighted by molar-refractivity contribution is 6.13. The molecule has 3 N–H and O–H groups in total. The highest BCUT2D eigenvalue weighted by Crippen LogP contribution is 2.34. The predicted octanol–water partition coefficient (Wildman–Crippen LogP) is 3.09. The van der Waals surface area contributed by atoms with Crippen molar-refractivity contribution in [3.8, 4) is 0 Å². The SMILES string of the molecule is Cc1c2cc(NC(=O)CN)ccc2nc2c1c1ccccc1n2C. The summed E-state index contributed by atoms with van der Waals surface area (Å²) in [5.41, 5.74) is 10.3. The zero-order valence-electron chi connectivity index (χ0n) is 13.6. The first kappa shape index (κ1) is 14.7. The molecule has 0 fully saturated rings. The van der Waals surface area contributed by atoms with E-state index in [1.54, 1.807) is 0 Å². The minimum absolute atomic E-state index is 0.0301. The Hall–Kier alpha value is -2.92. The number of nitrogens with one attached hydrogen (secondary N) is 1. The van der Waals surface area contributed by atoms with Crippen LogP contribution in [0.3, 0.4) is 0 Å². The van der Waals surface area contributed by atoms with Crippen molar-refractivity contribution in [2.75, 3.05) is 11.9 Å². The third kappa shape index (κ3) is 2.06. The molecule has 4 rings (SSSR count). The Morgan fingerprint density at radius 2 is 2.00 bits per heavy atom. The number of aromatic nitrogens is 2. The van der Waals surface area contributed by atoms with Gasteiger partial charge in [-0.05, 0) is 36.8 Å². The summed E-state index contributed by atoms with van der Waals surface area (Å²) in [6, 6.07) is 14.1. The summed E-state index contributed by atoms with van der Waals surface area (Å²) in [5, 5.41) is 6.19. The number of aryl methyl sites for hydroxylation is 2. The van der Waals surface area contributed by atoms with E-state index in [0.29, 0.717) is 0 Å². The molecule has 0 aliphatic carbocycles. The van der Waals surface area contributed by atoms with Gasteiger partial charge in [0.05, 0.1) is 17.6 Å². The Morgan fingerprint density at radius 1 is 1.21 bits per heavy atom. The number of pyridine rings is 1. The molecule has 120 valence electrons. The van der Waals surface area contributed by atoms with Gasteiger partial charge >= 0.3 is 0 Å². The second kappa shape index (κ2) is 5.32. The zero-order chi connectivity index (χ0) is 16.8. The second-order valence-corrected chi connectivity index (χ2v) is 6.00. The van der Waals surface area contributed by atoms with Crippen LogP contribution in [0, 0.1) is 6.92 Å². The maximum absolute atomic E-state index is 11.5. The Balaban J connectivity index is 2.05. The van der Waals surface area contributed by atoms with Crippen molar-refractivity contribution in [1.29, 1.82) is 0 Å². The molecule has 5 nitrogen and oxygen atoms in total. The number of para-hydroxylation sites is 1. The maximum atomic E-state index is 11.5. The van der Waals surface area contributed by atoms with Gasteiger partial charge in [-0.3, -0.25) is 4.79 Å². The van der Waals surface area contributed by atoms with Crippen LogP contribution in [0.2, 0.25) is 0 Å². The molecule has 4 aromatic rings. The molecule has 0 aliphatic rings. The zero-order valence-corrected chi connectivity index (χ0v) is 13.6. The molecular formula is C19H18N4O. The summed E-state index contributed by atoms with van der Waals surface area (Å²) >= 11 is 0. The number of nitrogens with zero attached hydrogens (tertiary/aromatic N) is 2. The number of benzene rings is 2. The first-order chi connectivity index (χ1) is 11.6. The number of rotatable bonds is 2. The van der Waals surface area contributed by atoms with Crippen LogP contribution in [0.15, 0.2) is 42.5 Å². The minimum atomic E-state index is -0.203. The maximum Gasteiger partial charge on any atom is 0.238 e. The lowest BCUT2D eigenvalue weighted by molar-refractivity contribution is -0.114. The first-order valence-corrected chi connectivity index (χ1v) is 7.87. The molecule has 24 heavy (non-hydrogen) atoms. The third-order valence-corrected chi connectivity index (χ3v) is 4.55. The standard InChI is InChI=1S/C19H18N4O/c1-11-14-9-12(21-17(24)10-20)7-8-15(14)22-19-18(11)13-5-3-4-6-16(13)23(19)2/h3-9H,10,20H2,1-2H3,(H,21,24). The van der Waals surface area contributed by atoms with E-state index in [0.717, 1.165) is 38.7 Å². The minimum Gasteiger partial charge on any atom is -0.328 e. The summed E-state index contributed by atoms with van der Waals surface area (Å²) in [6.07, 6.45) is 0. The van der Waals surface area contributed by atoms with Gasteiger partial charge in [0, 0.05) is 28.9 Å². The Labute approximate surface area is 139 Å². The van der Waals surface area contributed by atoms with Crippen LogP contribution >= 0.6 is 0 Å². The number of amides is 1. The largest absolute Gasteiger partial charge is 0.328 e. The molecule has 0 atom stereocenters. The van der Waals surface area contributed by atoms with Gasteiger partial charge in [0.1, 0.15) is 5.65 Å². The van der Waals surface area contributed by atoms with E-state index in [2.05, 4.69) is 28.9 Å². The lowest BCUT2D eigenvalue weighted by Gasteiger charge is -2.08. The fourth-order valence-corrected chi connectivity index (χ4v) is 3.35. The molecule has 0 bridgehead atoms. The molecule has 0 aliphatic heterocycles. The van der Waals surface area contributed by atoms with Crippen LogP contribution in [0.1, 0.15) is 5.56 Å². The molecule has 0 unspecified atom stereocenters. The van der Waals surface area contributed by atoms with Gasteiger partial charge in [0.25, 0.3) is 0 Å². The van der Waals surface area contributed by atoms with Crippen LogP contribution < -0.4 is 11.1 Å². The van der Waals surface area contributed by atoms with E-state index in [4.69, 9.17) is 10.7 Å². The highest BCUT2D eigenvalue weighted by atomic mass is 16.1. The highest BCUT2D eigenvalue weighted by Gasteiger charge is 2.14. The Kier molecular flexibility index (Phi) is 3.25. The molecule has 2 heterocycles. The van der Waals surface area contributed by atoms with Crippen LogP contribution in [0.5, 0.6) is 0 Å². The van der Waals surface area contributed by atoms with Crippen LogP contribution in [-0.4, -0.2) is 22.0 Å². The van der Waals surface area contributed by atoms with Gasteiger partial charge in [0.2, 0.25) is 5.91 Å². The Morgan fingerprint density at radius 3 is 2.79 bits per heavy atom. The van der Waals surface area contributed by atoms with Crippen molar-refractivity contribution >= 4 is 44.4 Å².